The minimum atomic E-state index is -5.85. The minimum absolute atomic E-state index is 0.453. The smallest absolute Gasteiger partial charge is 0.388 e. The number of hydrogen-bond acceptors (Lipinski definition) is 11. The van der Waals surface area contributed by atoms with Crippen molar-refractivity contribution in [2.24, 2.45) is 0 Å². The molecule has 2 aromatic rings. The van der Waals surface area contributed by atoms with Crippen molar-refractivity contribution in [1.29, 1.82) is 0 Å². The third kappa shape index (κ3) is 5.89. The maximum absolute atomic E-state index is 14.5. The SMILES string of the molecule is C[C@H](OP(=O)(O)OP(=O)(O)OP(=O)(O)O)[C@H]1O[C@@H](n2cc(F)c3c(=O)[nH]c(N)nc32)C(Cl)(CF)[C@H]1O. The largest absolute Gasteiger partial charge is 0.490 e. The molecule has 3 unspecified atom stereocenters. The van der Waals surface area contributed by atoms with Crippen molar-refractivity contribution in [1.82, 2.24) is 14.5 Å². The number of aliphatic hydroxyl groups excluding tert-OH is 1. The van der Waals surface area contributed by atoms with Gasteiger partial charge in [-0.05, 0) is 6.92 Å². The second-order valence-electron chi connectivity index (χ2n) is 7.39. The van der Waals surface area contributed by atoms with E-state index in [9.17, 15) is 42.2 Å². The number of alkyl halides is 2. The predicted octanol–water partition coefficient (Wildman–Crippen LogP) is 0.383. The van der Waals surface area contributed by atoms with Gasteiger partial charge in [-0.2, -0.15) is 13.6 Å². The maximum Gasteiger partial charge on any atom is 0.490 e. The Kier molecular flexibility index (Phi) is 7.95. The van der Waals surface area contributed by atoms with Gasteiger partial charge in [0.1, 0.15) is 29.1 Å². The summed E-state index contributed by atoms with van der Waals surface area (Å²) in [5.74, 6) is -1.59. The number of halogens is 3. The Hall–Kier alpha value is -1.30. The highest BCUT2D eigenvalue weighted by molar-refractivity contribution is 7.66. The second-order valence-corrected chi connectivity index (χ2v) is 12.5. The Labute approximate surface area is 203 Å². The number of fused-ring (bicyclic) bond motifs is 1. The van der Waals surface area contributed by atoms with Gasteiger partial charge in [-0.15, -0.1) is 11.6 Å². The minimum Gasteiger partial charge on any atom is -0.388 e. The fraction of sp³-hybridized carbons (Fsp3) is 0.538. The van der Waals surface area contributed by atoms with Crippen LogP contribution in [0.1, 0.15) is 13.2 Å². The van der Waals surface area contributed by atoms with Gasteiger partial charge in [-0.25, -0.2) is 22.5 Å². The molecule has 0 aromatic carbocycles. The molecule has 7 atom stereocenters. The maximum atomic E-state index is 14.5. The van der Waals surface area contributed by atoms with Crippen molar-refractivity contribution in [3.8, 4) is 0 Å². The number of nitrogen functional groups attached to an aromatic ring is 1. The highest BCUT2D eigenvalue weighted by atomic mass is 35.5. The zero-order valence-electron chi connectivity index (χ0n) is 17.5. The molecule has 2 aromatic heterocycles. The molecule has 0 saturated carbocycles. The van der Waals surface area contributed by atoms with Crippen molar-refractivity contribution < 1.29 is 65.0 Å². The van der Waals surface area contributed by atoms with E-state index in [1.54, 1.807) is 0 Å². The molecule has 1 aliphatic rings. The summed E-state index contributed by atoms with van der Waals surface area (Å²) in [7, 11) is -17.2. The van der Waals surface area contributed by atoms with Crippen LogP contribution in [-0.4, -0.2) is 69.1 Å². The number of aromatic nitrogens is 3. The topological polar surface area (TPSA) is 266 Å². The average Bonchev–Trinajstić information content (AvgIpc) is 3.13. The van der Waals surface area contributed by atoms with Gasteiger partial charge in [0.2, 0.25) is 5.95 Å². The number of H-pyrrole nitrogens is 1. The molecular weight excluding hydrogens is 587 g/mol. The van der Waals surface area contributed by atoms with Crippen LogP contribution in [0.15, 0.2) is 11.0 Å². The van der Waals surface area contributed by atoms with Crippen LogP contribution in [-0.2, 0) is 31.6 Å². The highest BCUT2D eigenvalue weighted by Crippen LogP contribution is 2.66. The van der Waals surface area contributed by atoms with E-state index in [1.165, 1.54) is 0 Å². The number of phosphoric acid groups is 3. The van der Waals surface area contributed by atoms with Crippen LogP contribution in [0.5, 0.6) is 0 Å². The molecule has 0 bridgehead atoms. The van der Waals surface area contributed by atoms with Crippen molar-refractivity contribution in [3.63, 3.8) is 0 Å². The summed E-state index contributed by atoms with van der Waals surface area (Å²) in [5, 5.41) is 10.0. The van der Waals surface area contributed by atoms with Gasteiger partial charge in [0.05, 0.1) is 6.10 Å². The van der Waals surface area contributed by atoms with E-state index in [1.807, 2.05) is 0 Å². The van der Waals surface area contributed by atoms with E-state index in [2.05, 4.69) is 23.1 Å². The number of nitrogens with one attached hydrogen (secondary N) is 1. The normalized spacial score (nSPS) is 29.2. The Morgan fingerprint density at radius 1 is 1.31 bits per heavy atom. The zero-order chi connectivity index (χ0) is 27.4. The molecule has 36 heavy (non-hydrogen) atoms. The number of ether oxygens (including phenoxy) is 1. The number of nitrogens with two attached hydrogens (primary N) is 1. The van der Waals surface area contributed by atoms with E-state index >= 15 is 0 Å². The molecule has 0 radical (unpaired) electrons. The Morgan fingerprint density at radius 3 is 2.47 bits per heavy atom. The molecule has 1 fully saturated rings. The molecule has 0 amide bonds. The number of phosphoric ester groups is 1. The van der Waals surface area contributed by atoms with Crippen LogP contribution in [0, 0.1) is 5.82 Å². The first-order chi connectivity index (χ1) is 16.3. The quantitative estimate of drug-likeness (QED) is 0.151. The van der Waals surface area contributed by atoms with Gasteiger partial charge < -0.3 is 39.7 Å². The first-order valence-corrected chi connectivity index (χ1v) is 14.2. The lowest BCUT2D eigenvalue weighted by Gasteiger charge is -2.28. The average molecular weight is 605 g/mol. The van der Waals surface area contributed by atoms with E-state index < -0.39 is 87.9 Å². The lowest BCUT2D eigenvalue weighted by atomic mass is 9.97. The molecule has 0 aliphatic carbocycles. The Bertz CT molecular complexity index is 1370. The monoisotopic (exact) mass is 604 g/mol. The molecule has 23 heteroatoms. The predicted molar refractivity (Wildman–Crippen MR) is 114 cm³/mol. The van der Waals surface area contributed by atoms with Crippen molar-refractivity contribution in [3.05, 3.63) is 22.4 Å². The number of aromatic amines is 1. The summed E-state index contributed by atoms with van der Waals surface area (Å²) in [6.45, 7) is -0.599. The summed E-state index contributed by atoms with van der Waals surface area (Å²) < 4.78 is 80.8. The van der Waals surface area contributed by atoms with E-state index in [0.717, 1.165) is 11.5 Å². The molecule has 1 saturated heterocycles. The van der Waals surface area contributed by atoms with Gasteiger partial charge in [-0.1, -0.05) is 0 Å². The molecule has 204 valence electrons. The van der Waals surface area contributed by atoms with Gasteiger partial charge >= 0.3 is 23.5 Å². The third-order valence-corrected chi connectivity index (χ3v) is 9.23. The lowest BCUT2D eigenvalue weighted by molar-refractivity contribution is -0.0732. The fourth-order valence-corrected chi connectivity index (χ4v) is 6.92. The van der Waals surface area contributed by atoms with Crippen LogP contribution >= 0.6 is 35.1 Å². The van der Waals surface area contributed by atoms with Crippen LogP contribution in [0.25, 0.3) is 11.0 Å². The molecule has 3 heterocycles. The van der Waals surface area contributed by atoms with E-state index in [4.69, 9.17) is 31.9 Å². The molecule has 0 spiro atoms. The molecule has 8 N–H and O–H groups in total. The summed E-state index contributed by atoms with van der Waals surface area (Å²) >= 11 is 6.24. The fourth-order valence-electron chi connectivity index (χ4n) is 3.44. The number of hydrogen-bond donors (Lipinski definition) is 7. The van der Waals surface area contributed by atoms with Crippen molar-refractivity contribution in [2.45, 2.75) is 36.3 Å². The highest BCUT2D eigenvalue weighted by Gasteiger charge is 2.59. The third-order valence-electron chi connectivity index (χ3n) is 4.79. The number of rotatable bonds is 9. The molecule has 1 aliphatic heterocycles. The molecular formula is C13H18ClF2N4O13P3. The van der Waals surface area contributed by atoms with Gasteiger partial charge in [0.15, 0.2) is 17.7 Å². The van der Waals surface area contributed by atoms with Crippen LogP contribution in [0.2, 0.25) is 0 Å². The number of anilines is 1. The molecule has 17 nitrogen and oxygen atoms in total. The van der Waals surface area contributed by atoms with E-state index in [-0.39, 0.29) is 0 Å². The standard InChI is InChI=1S/C13H18ClF2N4O13P3/c1-4(31-35(26,27)33-36(28,29)32-34(23,24)25)7-8(21)13(14,3-15)11(30-7)20-2-5(16)6-9(20)18-12(17)19-10(6)22/h2,4,7-8,11,21H,3H2,1H3,(H,26,27)(H,28,29)(H2,23,24,25)(H3,17,18,19,22)/t4-,7+,8-,11+,13?/m0/s1. The summed E-state index contributed by atoms with van der Waals surface area (Å²) in [6, 6.07) is 0. The zero-order valence-corrected chi connectivity index (χ0v) is 21.0. The lowest BCUT2D eigenvalue weighted by Crippen LogP contribution is -2.46. The van der Waals surface area contributed by atoms with Crippen LogP contribution in [0.3, 0.4) is 0 Å². The van der Waals surface area contributed by atoms with Gasteiger partial charge in [0.25, 0.3) is 5.56 Å². The van der Waals surface area contributed by atoms with Crippen LogP contribution < -0.4 is 11.3 Å². The Morgan fingerprint density at radius 2 is 1.92 bits per heavy atom. The van der Waals surface area contributed by atoms with Crippen LogP contribution in [0.4, 0.5) is 14.7 Å². The second kappa shape index (κ2) is 9.78. The molecule has 3 rings (SSSR count). The first-order valence-electron chi connectivity index (χ1n) is 9.26. The van der Waals surface area contributed by atoms with Gasteiger partial charge in [0, 0.05) is 6.20 Å². The first kappa shape index (κ1) is 29.3. The van der Waals surface area contributed by atoms with Gasteiger partial charge in [-0.3, -0.25) is 14.3 Å². The van der Waals surface area contributed by atoms with E-state index in [0.29, 0.717) is 6.20 Å². The number of nitrogens with zero attached hydrogens (tertiary/aromatic N) is 2. The summed E-state index contributed by atoms with van der Waals surface area (Å²) in [4.78, 5) is 51.6. The van der Waals surface area contributed by atoms with Crippen molar-refractivity contribution >= 4 is 52.1 Å². The Balaban J connectivity index is 1.92. The summed E-state index contributed by atoms with van der Waals surface area (Å²) in [5.41, 5.74) is 4.02. The summed E-state index contributed by atoms with van der Waals surface area (Å²) in [6.07, 6.45) is -6.86. The number of aliphatic hydroxyl groups is 1. The van der Waals surface area contributed by atoms with Crippen molar-refractivity contribution in [2.75, 3.05) is 12.4 Å².